The van der Waals surface area contributed by atoms with Crippen LogP contribution in [0, 0.1) is 5.92 Å². The first kappa shape index (κ1) is 18.1. The van der Waals surface area contributed by atoms with Crippen LogP contribution < -0.4 is 15.0 Å². The number of anilines is 1. The van der Waals surface area contributed by atoms with Gasteiger partial charge in [0.15, 0.2) is 0 Å². The van der Waals surface area contributed by atoms with E-state index in [1.54, 1.807) is 6.92 Å². The molecule has 1 heterocycles. The van der Waals surface area contributed by atoms with Gasteiger partial charge in [-0.2, -0.15) is 0 Å². The van der Waals surface area contributed by atoms with E-state index in [1.807, 2.05) is 6.92 Å². The van der Waals surface area contributed by atoms with Crippen molar-refractivity contribution in [2.75, 3.05) is 11.4 Å². The van der Waals surface area contributed by atoms with E-state index in [0.29, 0.717) is 25.1 Å². The zero-order valence-corrected chi connectivity index (χ0v) is 13.4. The quantitative estimate of drug-likeness (QED) is 0.894. The molecule has 0 saturated carbocycles. The molecule has 2 atom stereocenters. The number of ether oxygens (including phenoxy) is 1. The van der Waals surface area contributed by atoms with Gasteiger partial charge < -0.3 is 15.0 Å². The van der Waals surface area contributed by atoms with Gasteiger partial charge in [0.1, 0.15) is 11.8 Å². The number of nitrogens with one attached hydrogen (secondary N) is 1. The van der Waals surface area contributed by atoms with Crippen molar-refractivity contribution in [2.45, 2.75) is 39.1 Å². The highest BCUT2D eigenvalue weighted by molar-refractivity contribution is 6.01. The minimum absolute atomic E-state index is 0.199. The zero-order valence-electron chi connectivity index (χ0n) is 13.4. The summed E-state index contributed by atoms with van der Waals surface area (Å²) in [5, 5.41) is 2.69. The summed E-state index contributed by atoms with van der Waals surface area (Å²) in [6.45, 7) is 3.96. The molecule has 0 aromatic heterocycles. The smallest absolute Gasteiger partial charge is 0.406 e. The van der Waals surface area contributed by atoms with Crippen molar-refractivity contribution < 1.29 is 27.5 Å². The lowest BCUT2D eigenvalue weighted by Gasteiger charge is -2.19. The van der Waals surface area contributed by atoms with E-state index in [-0.39, 0.29) is 23.5 Å². The second-order valence-electron chi connectivity index (χ2n) is 5.69. The molecular weight excluding hydrogens is 325 g/mol. The summed E-state index contributed by atoms with van der Waals surface area (Å²) >= 11 is 0. The minimum atomic E-state index is -4.79. The van der Waals surface area contributed by atoms with Crippen molar-refractivity contribution in [3.05, 3.63) is 24.3 Å². The molecule has 2 amide bonds. The maximum absolute atomic E-state index is 12.4. The van der Waals surface area contributed by atoms with Crippen molar-refractivity contribution >= 4 is 17.5 Å². The van der Waals surface area contributed by atoms with Gasteiger partial charge in [-0.1, -0.05) is 19.9 Å². The second kappa shape index (κ2) is 7.11. The first-order valence-electron chi connectivity index (χ1n) is 7.69. The van der Waals surface area contributed by atoms with E-state index in [9.17, 15) is 22.8 Å². The lowest BCUT2D eigenvalue weighted by molar-refractivity contribution is -0.274. The second-order valence-corrected chi connectivity index (χ2v) is 5.69. The van der Waals surface area contributed by atoms with Crippen LogP contribution in [0.3, 0.4) is 0 Å². The lowest BCUT2D eigenvalue weighted by Crippen LogP contribution is -2.43. The molecule has 1 aliphatic heterocycles. The summed E-state index contributed by atoms with van der Waals surface area (Å²) in [5.74, 6) is -1.13. The Morgan fingerprint density at radius 1 is 1.46 bits per heavy atom. The van der Waals surface area contributed by atoms with Crippen LogP contribution in [-0.4, -0.2) is 30.8 Å². The largest absolute Gasteiger partial charge is 0.573 e. The minimum Gasteiger partial charge on any atom is -0.406 e. The van der Waals surface area contributed by atoms with E-state index in [4.69, 9.17) is 0 Å². The van der Waals surface area contributed by atoms with Crippen molar-refractivity contribution in [1.29, 1.82) is 0 Å². The van der Waals surface area contributed by atoms with Gasteiger partial charge in [0.2, 0.25) is 11.8 Å². The van der Waals surface area contributed by atoms with Crippen LogP contribution in [-0.2, 0) is 9.59 Å². The predicted molar refractivity (Wildman–Crippen MR) is 81.5 cm³/mol. The number of benzene rings is 1. The Morgan fingerprint density at radius 3 is 2.79 bits per heavy atom. The van der Waals surface area contributed by atoms with E-state index < -0.39 is 12.4 Å². The van der Waals surface area contributed by atoms with Gasteiger partial charge in [-0.15, -0.1) is 13.2 Å². The summed E-state index contributed by atoms with van der Waals surface area (Å²) < 4.78 is 40.7. The van der Waals surface area contributed by atoms with Crippen LogP contribution in [0.4, 0.5) is 18.9 Å². The van der Waals surface area contributed by atoms with Crippen molar-refractivity contribution in [1.82, 2.24) is 5.32 Å². The normalized spacial score (nSPS) is 19.3. The third-order valence-electron chi connectivity index (χ3n) is 3.94. The molecule has 1 N–H and O–H groups in total. The fourth-order valence-electron chi connectivity index (χ4n) is 2.42. The van der Waals surface area contributed by atoms with Crippen LogP contribution in [0.25, 0.3) is 0 Å². The number of hydrogen-bond donors (Lipinski definition) is 1. The molecule has 24 heavy (non-hydrogen) atoms. The fourth-order valence-corrected chi connectivity index (χ4v) is 2.42. The Kier molecular flexibility index (Phi) is 5.36. The first-order valence-corrected chi connectivity index (χ1v) is 7.69. The molecule has 2 unspecified atom stereocenters. The topological polar surface area (TPSA) is 58.6 Å². The van der Waals surface area contributed by atoms with Crippen LogP contribution >= 0.6 is 0 Å². The summed E-state index contributed by atoms with van der Waals surface area (Å²) in [5.41, 5.74) is 0.307. The molecule has 1 aromatic rings. The van der Waals surface area contributed by atoms with Crippen molar-refractivity contribution in [2.24, 2.45) is 5.92 Å². The van der Waals surface area contributed by atoms with Crippen molar-refractivity contribution in [3.63, 3.8) is 0 Å². The van der Waals surface area contributed by atoms with Gasteiger partial charge in [0.25, 0.3) is 0 Å². The van der Waals surface area contributed by atoms with Crippen molar-refractivity contribution in [3.8, 4) is 5.75 Å². The van der Waals surface area contributed by atoms with Gasteiger partial charge >= 0.3 is 6.36 Å². The molecule has 0 spiro atoms. The number of halogens is 3. The number of alkyl halides is 3. The Morgan fingerprint density at radius 2 is 2.17 bits per heavy atom. The number of amides is 2. The molecule has 2 rings (SSSR count). The maximum Gasteiger partial charge on any atom is 0.573 e. The van der Waals surface area contributed by atoms with Crippen LogP contribution in [0.15, 0.2) is 24.3 Å². The summed E-state index contributed by atoms with van der Waals surface area (Å²) in [6, 6.07) is 4.58. The van der Waals surface area contributed by atoms with E-state index in [2.05, 4.69) is 10.1 Å². The SMILES string of the molecule is CCC(C)C(=O)NC1CCN(c2cccc(OC(F)(F)F)c2)C1=O. The highest BCUT2D eigenvalue weighted by atomic mass is 19.4. The molecule has 1 aromatic carbocycles. The first-order chi connectivity index (χ1) is 11.2. The summed E-state index contributed by atoms with van der Waals surface area (Å²) in [4.78, 5) is 25.7. The Hall–Kier alpha value is -2.25. The third-order valence-corrected chi connectivity index (χ3v) is 3.94. The van der Waals surface area contributed by atoms with Gasteiger partial charge in [0.05, 0.1) is 0 Å². The molecule has 1 fully saturated rings. The van der Waals surface area contributed by atoms with E-state index in [1.165, 1.54) is 23.1 Å². The molecule has 1 saturated heterocycles. The molecule has 132 valence electrons. The number of carbonyl (C=O) groups is 2. The van der Waals surface area contributed by atoms with Crippen LogP contribution in [0.5, 0.6) is 5.75 Å². The highest BCUT2D eigenvalue weighted by Gasteiger charge is 2.35. The van der Waals surface area contributed by atoms with Crippen LogP contribution in [0.2, 0.25) is 0 Å². The number of hydrogen-bond acceptors (Lipinski definition) is 3. The Bertz CT molecular complexity index is 619. The fraction of sp³-hybridized carbons (Fsp3) is 0.500. The predicted octanol–water partition coefficient (Wildman–Crippen LogP) is 2.85. The molecule has 0 bridgehead atoms. The molecule has 0 aliphatic carbocycles. The average molecular weight is 344 g/mol. The zero-order chi connectivity index (χ0) is 17.9. The van der Waals surface area contributed by atoms with E-state index in [0.717, 1.165) is 6.07 Å². The third kappa shape index (κ3) is 4.39. The highest BCUT2D eigenvalue weighted by Crippen LogP contribution is 2.29. The summed E-state index contributed by atoms with van der Waals surface area (Å²) in [7, 11) is 0. The maximum atomic E-state index is 12.4. The average Bonchev–Trinajstić information content (AvgIpc) is 2.86. The Balaban J connectivity index is 2.07. The molecule has 1 aliphatic rings. The number of nitrogens with zero attached hydrogens (tertiary/aromatic N) is 1. The molecule has 5 nitrogen and oxygen atoms in total. The standard InChI is InChI=1S/C16H19F3N2O3/c1-3-10(2)14(22)20-13-7-8-21(15(13)23)11-5-4-6-12(9-11)24-16(17,18)19/h4-6,9-10,13H,3,7-8H2,1-2H3,(H,20,22). The number of rotatable bonds is 5. The van der Waals surface area contributed by atoms with E-state index >= 15 is 0 Å². The van der Waals surface area contributed by atoms with Gasteiger partial charge in [-0.05, 0) is 25.0 Å². The lowest BCUT2D eigenvalue weighted by atomic mass is 10.1. The monoisotopic (exact) mass is 344 g/mol. The van der Waals surface area contributed by atoms with Gasteiger partial charge in [-0.3, -0.25) is 9.59 Å². The number of carbonyl (C=O) groups excluding carboxylic acids is 2. The summed E-state index contributed by atoms with van der Waals surface area (Å²) in [6.07, 6.45) is -3.72. The van der Waals surface area contributed by atoms with Crippen LogP contribution in [0.1, 0.15) is 26.7 Å². The molecular formula is C16H19F3N2O3. The van der Waals surface area contributed by atoms with Gasteiger partial charge in [0, 0.05) is 24.2 Å². The molecule has 8 heteroatoms. The van der Waals surface area contributed by atoms with Gasteiger partial charge in [-0.25, -0.2) is 0 Å². The molecule has 0 radical (unpaired) electrons. The Labute approximate surface area is 137 Å².